The first kappa shape index (κ1) is 24.0. The number of carbonyl (C=O) groups is 3. The highest BCUT2D eigenvalue weighted by atomic mass is 16.5. The lowest BCUT2D eigenvalue weighted by atomic mass is 9.98. The van der Waals surface area contributed by atoms with Gasteiger partial charge in [-0.25, -0.2) is 9.59 Å². The summed E-state index contributed by atoms with van der Waals surface area (Å²) in [6.07, 6.45) is -0.557. The second-order valence-corrected chi connectivity index (χ2v) is 8.76. The Morgan fingerprint density at radius 1 is 0.914 bits per heavy atom. The van der Waals surface area contributed by atoms with Gasteiger partial charge in [0.1, 0.15) is 12.6 Å². The predicted octanol–water partition coefficient (Wildman–Crippen LogP) is 5.08. The van der Waals surface area contributed by atoms with Gasteiger partial charge < -0.3 is 14.7 Å². The largest absolute Gasteiger partial charge is 0.480 e. The van der Waals surface area contributed by atoms with Crippen molar-refractivity contribution in [3.8, 4) is 11.1 Å². The van der Waals surface area contributed by atoms with Crippen LogP contribution >= 0.6 is 0 Å². The molecule has 0 saturated carbocycles. The van der Waals surface area contributed by atoms with E-state index >= 15 is 0 Å². The number of amides is 2. The normalized spacial score (nSPS) is 13.8. The molecule has 3 aromatic rings. The van der Waals surface area contributed by atoms with Crippen molar-refractivity contribution in [2.45, 2.75) is 31.7 Å². The Morgan fingerprint density at radius 3 is 2.00 bits per heavy atom. The molecule has 4 rings (SSSR count). The maximum Gasteiger partial charge on any atom is 0.411 e. The van der Waals surface area contributed by atoms with Gasteiger partial charge in [-0.15, -0.1) is 0 Å². The first-order valence-electron chi connectivity index (χ1n) is 11.5. The molecular weight excluding hydrogens is 444 g/mol. The molecule has 0 aliphatic heterocycles. The number of carbonyl (C=O) groups excluding carboxylic acids is 2. The summed E-state index contributed by atoms with van der Waals surface area (Å²) >= 11 is 0. The molecular formula is C28H28N2O5. The van der Waals surface area contributed by atoms with Crippen molar-refractivity contribution in [1.82, 2.24) is 4.90 Å². The lowest BCUT2D eigenvalue weighted by Gasteiger charge is -2.25. The zero-order valence-electron chi connectivity index (χ0n) is 19.9. The van der Waals surface area contributed by atoms with E-state index in [4.69, 9.17) is 9.84 Å². The number of carboxylic acids is 1. The maximum atomic E-state index is 12.6. The topological polar surface area (TPSA) is 95.9 Å². The summed E-state index contributed by atoms with van der Waals surface area (Å²) < 4.78 is 5.57. The maximum absolute atomic E-state index is 12.6. The summed E-state index contributed by atoms with van der Waals surface area (Å²) in [4.78, 5) is 37.5. The number of ether oxygens (including phenoxy) is 1. The number of aliphatic carboxylic acids is 1. The van der Waals surface area contributed by atoms with Gasteiger partial charge in [-0.05, 0) is 53.8 Å². The van der Waals surface area contributed by atoms with Crippen molar-refractivity contribution in [3.63, 3.8) is 0 Å². The number of hydrogen-bond donors (Lipinski definition) is 2. The lowest BCUT2D eigenvalue weighted by molar-refractivity contribution is -0.148. The van der Waals surface area contributed by atoms with Crippen LogP contribution < -0.4 is 5.32 Å². The minimum Gasteiger partial charge on any atom is -0.480 e. The molecule has 3 aromatic carbocycles. The second kappa shape index (κ2) is 10.0. The predicted molar refractivity (Wildman–Crippen MR) is 133 cm³/mol. The Hall–Kier alpha value is -4.13. The van der Waals surface area contributed by atoms with E-state index < -0.39 is 24.0 Å². The van der Waals surface area contributed by atoms with Gasteiger partial charge in [0.15, 0.2) is 0 Å². The molecule has 1 aliphatic carbocycles. The average Bonchev–Trinajstić information content (AvgIpc) is 3.19. The van der Waals surface area contributed by atoms with Crippen LogP contribution in [-0.4, -0.2) is 47.7 Å². The van der Waals surface area contributed by atoms with Gasteiger partial charge in [0.2, 0.25) is 5.91 Å². The van der Waals surface area contributed by atoms with Gasteiger partial charge in [-0.3, -0.25) is 10.1 Å². The monoisotopic (exact) mass is 472 g/mol. The summed E-state index contributed by atoms with van der Waals surface area (Å²) in [5, 5.41) is 11.9. The molecule has 7 nitrogen and oxygen atoms in total. The fraction of sp³-hybridized carbons (Fsp3) is 0.250. The SMILES string of the molecule is CC(C(=O)N(C)[C@@H](C)C(=O)O)c1ccc(NC(=O)OCC2c3ccccc3-c3ccccc32)cc1. The molecule has 0 bridgehead atoms. The summed E-state index contributed by atoms with van der Waals surface area (Å²) in [6, 6.07) is 22.3. The highest BCUT2D eigenvalue weighted by Gasteiger charge is 2.29. The fourth-order valence-corrected chi connectivity index (χ4v) is 4.41. The van der Waals surface area contributed by atoms with Crippen molar-refractivity contribution in [3.05, 3.63) is 89.5 Å². The van der Waals surface area contributed by atoms with E-state index in [1.807, 2.05) is 24.3 Å². The quantitative estimate of drug-likeness (QED) is 0.500. The van der Waals surface area contributed by atoms with Gasteiger partial charge in [0.05, 0.1) is 5.92 Å². The Bertz CT molecular complexity index is 1210. The van der Waals surface area contributed by atoms with Crippen molar-refractivity contribution >= 4 is 23.7 Å². The molecule has 1 aliphatic rings. The molecule has 0 radical (unpaired) electrons. The zero-order chi connectivity index (χ0) is 25.1. The van der Waals surface area contributed by atoms with Gasteiger partial charge >= 0.3 is 12.1 Å². The van der Waals surface area contributed by atoms with Gasteiger partial charge in [0.25, 0.3) is 0 Å². The first-order valence-corrected chi connectivity index (χ1v) is 11.5. The van der Waals surface area contributed by atoms with Gasteiger partial charge in [0, 0.05) is 18.7 Å². The molecule has 2 amide bonds. The molecule has 7 heteroatoms. The number of likely N-dealkylation sites (N-methyl/N-ethyl adjacent to an activating group) is 1. The number of hydrogen-bond acceptors (Lipinski definition) is 4. The number of benzene rings is 3. The number of anilines is 1. The number of rotatable bonds is 7. The molecule has 2 N–H and O–H groups in total. The van der Waals surface area contributed by atoms with E-state index in [9.17, 15) is 14.4 Å². The number of carboxylic acid groups (broad SMARTS) is 1. The van der Waals surface area contributed by atoms with E-state index in [1.54, 1.807) is 31.2 Å². The zero-order valence-corrected chi connectivity index (χ0v) is 19.9. The minimum absolute atomic E-state index is 0.0208. The third-order valence-electron chi connectivity index (χ3n) is 6.66. The standard InChI is InChI=1S/C28H28N2O5/c1-17(26(31)30(3)18(2)27(32)33)19-12-14-20(15-13-19)29-28(34)35-16-25-23-10-6-4-8-21(23)22-9-5-7-11-24(22)25/h4-15,17-18,25H,16H2,1-3H3,(H,29,34)(H,32,33)/t17?,18-/m0/s1. The highest BCUT2D eigenvalue weighted by Crippen LogP contribution is 2.44. The molecule has 0 saturated heterocycles. The van der Waals surface area contributed by atoms with Crippen molar-refractivity contribution in [2.24, 2.45) is 0 Å². The van der Waals surface area contributed by atoms with Crippen LogP contribution in [0.25, 0.3) is 11.1 Å². The fourth-order valence-electron chi connectivity index (χ4n) is 4.41. The molecule has 35 heavy (non-hydrogen) atoms. The summed E-state index contributed by atoms with van der Waals surface area (Å²) in [6.45, 7) is 3.41. The second-order valence-electron chi connectivity index (χ2n) is 8.76. The van der Waals surface area contributed by atoms with Crippen LogP contribution in [0.15, 0.2) is 72.8 Å². The summed E-state index contributed by atoms with van der Waals surface area (Å²) in [5.41, 5.74) is 5.88. The molecule has 0 heterocycles. The van der Waals surface area contributed by atoms with Crippen LogP contribution in [-0.2, 0) is 14.3 Å². The summed E-state index contributed by atoms with van der Waals surface area (Å²) in [5.74, 6) is -1.90. The summed E-state index contributed by atoms with van der Waals surface area (Å²) in [7, 11) is 1.48. The van der Waals surface area contributed by atoms with Crippen LogP contribution in [0, 0.1) is 0 Å². The minimum atomic E-state index is -1.06. The van der Waals surface area contributed by atoms with Crippen molar-refractivity contribution in [2.75, 3.05) is 19.0 Å². The van der Waals surface area contributed by atoms with Gasteiger partial charge in [-0.2, -0.15) is 0 Å². The Kier molecular flexibility index (Phi) is 6.87. The molecule has 2 atom stereocenters. The Balaban J connectivity index is 1.37. The van der Waals surface area contributed by atoms with E-state index in [1.165, 1.54) is 30.0 Å². The lowest BCUT2D eigenvalue weighted by Crippen LogP contribution is -2.42. The smallest absolute Gasteiger partial charge is 0.411 e. The van der Waals surface area contributed by atoms with Crippen molar-refractivity contribution < 1.29 is 24.2 Å². The molecule has 0 aromatic heterocycles. The van der Waals surface area contributed by atoms with Crippen LogP contribution in [0.3, 0.4) is 0 Å². The number of nitrogens with zero attached hydrogens (tertiary/aromatic N) is 1. The number of fused-ring (bicyclic) bond motifs is 3. The van der Waals surface area contributed by atoms with E-state index in [0.29, 0.717) is 5.69 Å². The Labute approximate surface area is 204 Å². The van der Waals surface area contributed by atoms with Crippen molar-refractivity contribution in [1.29, 1.82) is 0 Å². The van der Waals surface area contributed by atoms with Crippen LogP contribution in [0.4, 0.5) is 10.5 Å². The van der Waals surface area contributed by atoms with E-state index in [2.05, 4.69) is 29.6 Å². The molecule has 0 spiro atoms. The van der Waals surface area contributed by atoms with E-state index in [0.717, 1.165) is 16.7 Å². The number of nitrogens with one attached hydrogen (secondary N) is 1. The Morgan fingerprint density at radius 2 is 1.46 bits per heavy atom. The van der Waals surface area contributed by atoms with Crippen LogP contribution in [0.1, 0.15) is 42.4 Å². The van der Waals surface area contributed by atoms with Crippen LogP contribution in [0.5, 0.6) is 0 Å². The average molecular weight is 473 g/mol. The first-order chi connectivity index (χ1) is 16.8. The van der Waals surface area contributed by atoms with Crippen LogP contribution in [0.2, 0.25) is 0 Å². The molecule has 180 valence electrons. The third kappa shape index (κ3) is 4.89. The molecule has 0 fully saturated rings. The van der Waals surface area contributed by atoms with E-state index in [-0.39, 0.29) is 18.4 Å². The van der Waals surface area contributed by atoms with Gasteiger partial charge in [-0.1, -0.05) is 60.7 Å². The highest BCUT2D eigenvalue weighted by molar-refractivity contribution is 5.88. The molecule has 1 unspecified atom stereocenters. The third-order valence-corrected chi connectivity index (χ3v) is 6.66.